The molecule has 0 aliphatic rings. The number of nitrogens with two attached hydrogens (primary N) is 1. The number of rotatable bonds is 3. The van der Waals surface area contributed by atoms with Crippen LogP contribution in [0.2, 0.25) is 0 Å². The van der Waals surface area contributed by atoms with Crippen molar-refractivity contribution in [2.45, 2.75) is 19.4 Å². The van der Waals surface area contributed by atoms with Gasteiger partial charge in [-0.2, -0.15) is 0 Å². The van der Waals surface area contributed by atoms with Crippen LogP contribution in [-0.4, -0.2) is 10.2 Å². The zero-order valence-electron chi connectivity index (χ0n) is 8.85. The Balaban J connectivity index is 2.35. The first kappa shape index (κ1) is 11.2. The van der Waals surface area contributed by atoms with Gasteiger partial charge in [0.05, 0.1) is 6.04 Å². The molecule has 0 radical (unpaired) electrons. The van der Waals surface area contributed by atoms with Crippen molar-refractivity contribution < 1.29 is 4.39 Å². The topological polar surface area (TPSA) is 51.8 Å². The van der Waals surface area contributed by atoms with E-state index in [1.807, 2.05) is 6.92 Å². The molecule has 0 amide bonds. The maximum Gasteiger partial charge on any atom is 0.150 e. The molecule has 0 fully saturated rings. The van der Waals surface area contributed by atoms with Gasteiger partial charge in [-0.25, -0.2) is 4.39 Å². The molecule has 3 nitrogen and oxygen atoms in total. The molecule has 2 rings (SSSR count). The van der Waals surface area contributed by atoms with Crippen LogP contribution in [0.1, 0.15) is 24.4 Å². The van der Waals surface area contributed by atoms with Gasteiger partial charge < -0.3 is 5.73 Å². The van der Waals surface area contributed by atoms with Crippen LogP contribution >= 0.6 is 11.3 Å². The van der Waals surface area contributed by atoms with E-state index in [4.69, 9.17) is 5.73 Å². The number of aromatic nitrogens is 2. The molecule has 2 N–H and O–H groups in total. The zero-order valence-corrected chi connectivity index (χ0v) is 9.67. The van der Waals surface area contributed by atoms with Crippen LogP contribution in [0.5, 0.6) is 0 Å². The van der Waals surface area contributed by atoms with Gasteiger partial charge in [0.1, 0.15) is 10.8 Å². The molecule has 16 heavy (non-hydrogen) atoms. The van der Waals surface area contributed by atoms with Crippen molar-refractivity contribution >= 4 is 11.3 Å². The second-order valence-electron chi connectivity index (χ2n) is 3.44. The van der Waals surface area contributed by atoms with Crippen molar-refractivity contribution in [3.05, 3.63) is 35.1 Å². The Labute approximate surface area is 97.1 Å². The fourth-order valence-electron chi connectivity index (χ4n) is 1.30. The van der Waals surface area contributed by atoms with Gasteiger partial charge >= 0.3 is 0 Å². The van der Waals surface area contributed by atoms with Crippen LogP contribution in [0.15, 0.2) is 24.3 Å². The summed E-state index contributed by atoms with van der Waals surface area (Å²) in [4.78, 5) is 0. The molecule has 1 aromatic carbocycles. The van der Waals surface area contributed by atoms with Gasteiger partial charge in [0.2, 0.25) is 0 Å². The summed E-state index contributed by atoms with van der Waals surface area (Å²) in [5.74, 6) is -0.282. The van der Waals surface area contributed by atoms with Gasteiger partial charge in [-0.05, 0) is 18.6 Å². The fourth-order valence-corrected chi connectivity index (χ4v) is 2.26. The second-order valence-corrected chi connectivity index (χ2v) is 4.45. The van der Waals surface area contributed by atoms with Crippen LogP contribution in [-0.2, 0) is 0 Å². The molecule has 1 aromatic heterocycles. The molecule has 0 aliphatic carbocycles. The van der Waals surface area contributed by atoms with Crippen molar-refractivity contribution in [3.8, 4) is 10.6 Å². The van der Waals surface area contributed by atoms with Crippen molar-refractivity contribution in [3.63, 3.8) is 0 Å². The van der Waals surface area contributed by atoms with Crippen LogP contribution in [0.3, 0.4) is 0 Å². The highest BCUT2D eigenvalue weighted by atomic mass is 32.1. The molecule has 0 saturated carbocycles. The lowest BCUT2D eigenvalue weighted by molar-refractivity contribution is 0.631. The summed E-state index contributed by atoms with van der Waals surface area (Å²) >= 11 is 1.35. The van der Waals surface area contributed by atoms with Gasteiger partial charge in [0, 0.05) is 5.56 Å². The van der Waals surface area contributed by atoms with Gasteiger partial charge in [0.15, 0.2) is 5.01 Å². The zero-order chi connectivity index (χ0) is 11.5. The lowest BCUT2D eigenvalue weighted by Crippen LogP contribution is -2.07. The average Bonchev–Trinajstić information content (AvgIpc) is 2.78. The van der Waals surface area contributed by atoms with Gasteiger partial charge in [-0.3, -0.25) is 0 Å². The number of nitrogens with zero attached hydrogens (tertiary/aromatic N) is 2. The summed E-state index contributed by atoms with van der Waals surface area (Å²) in [6.07, 6.45) is 0.798. The van der Waals surface area contributed by atoms with Gasteiger partial charge in [0.25, 0.3) is 0 Å². The third kappa shape index (κ3) is 2.10. The first-order valence-corrected chi connectivity index (χ1v) is 5.88. The lowest BCUT2D eigenvalue weighted by atomic mass is 10.2. The van der Waals surface area contributed by atoms with E-state index >= 15 is 0 Å². The lowest BCUT2D eigenvalue weighted by Gasteiger charge is -2.00. The quantitative estimate of drug-likeness (QED) is 0.893. The molecule has 0 spiro atoms. The van der Waals surface area contributed by atoms with Gasteiger partial charge in [-0.15, -0.1) is 10.2 Å². The highest BCUT2D eigenvalue weighted by molar-refractivity contribution is 7.14. The van der Waals surface area contributed by atoms with E-state index in [9.17, 15) is 4.39 Å². The van der Waals surface area contributed by atoms with E-state index < -0.39 is 0 Å². The summed E-state index contributed by atoms with van der Waals surface area (Å²) in [5.41, 5.74) is 6.32. The van der Waals surface area contributed by atoms with Crippen LogP contribution in [0.25, 0.3) is 10.6 Å². The summed E-state index contributed by atoms with van der Waals surface area (Å²) in [6, 6.07) is 6.42. The Morgan fingerprint density at radius 3 is 2.81 bits per heavy atom. The largest absolute Gasteiger partial charge is 0.322 e. The maximum absolute atomic E-state index is 13.5. The van der Waals surface area contributed by atoms with Crippen molar-refractivity contribution in [2.75, 3.05) is 0 Å². The molecule has 1 unspecified atom stereocenters. The molecule has 84 valence electrons. The van der Waals surface area contributed by atoms with Crippen LogP contribution < -0.4 is 5.73 Å². The SMILES string of the molecule is CCC(N)c1nnc(-c2ccccc2F)s1. The Bertz CT molecular complexity index is 484. The Morgan fingerprint density at radius 2 is 2.12 bits per heavy atom. The third-order valence-corrected chi connectivity index (χ3v) is 3.39. The van der Waals surface area contributed by atoms with Gasteiger partial charge in [-0.1, -0.05) is 30.4 Å². The Hall–Kier alpha value is -1.33. The molecular weight excluding hydrogens is 225 g/mol. The normalized spacial score (nSPS) is 12.7. The molecule has 0 aliphatic heterocycles. The molecule has 2 aromatic rings. The van der Waals surface area contributed by atoms with Crippen molar-refractivity contribution in [2.24, 2.45) is 5.73 Å². The summed E-state index contributed by atoms with van der Waals surface area (Å²) in [6.45, 7) is 1.98. The summed E-state index contributed by atoms with van der Waals surface area (Å²) < 4.78 is 13.5. The van der Waals surface area contributed by atoms with E-state index in [2.05, 4.69) is 10.2 Å². The molecule has 0 bridgehead atoms. The minimum absolute atomic E-state index is 0.113. The Kier molecular flexibility index (Phi) is 3.26. The monoisotopic (exact) mass is 237 g/mol. The summed E-state index contributed by atoms with van der Waals surface area (Å²) in [5, 5.41) is 9.28. The number of hydrogen-bond donors (Lipinski definition) is 1. The van der Waals surface area contributed by atoms with E-state index in [1.165, 1.54) is 17.4 Å². The number of hydrogen-bond acceptors (Lipinski definition) is 4. The van der Waals surface area contributed by atoms with Crippen LogP contribution in [0.4, 0.5) is 4.39 Å². The van der Waals surface area contributed by atoms with Crippen molar-refractivity contribution in [1.29, 1.82) is 0 Å². The molecular formula is C11H12FN3S. The highest BCUT2D eigenvalue weighted by Crippen LogP contribution is 2.28. The van der Waals surface area contributed by atoms with Crippen LogP contribution in [0, 0.1) is 5.82 Å². The van der Waals surface area contributed by atoms with E-state index in [0.29, 0.717) is 10.6 Å². The third-order valence-electron chi connectivity index (χ3n) is 2.30. The molecule has 0 saturated heterocycles. The predicted molar refractivity (Wildman–Crippen MR) is 62.5 cm³/mol. The average molecular weight is 237 g/mol. The molecule has 1 atom stereocenters. The molecule has 5 heteroatoms. The van der Waals surface area contributed by atoms with Crippen molar-refractivity contribution in [1.82, 2.24) is 10.2 Å². The first-order valence-electron chi connectivity index (χ1n) is 5.06. The standard InChI is InChI=1S/C11H12FN3S/c1-2-9(13)11-15-14-10(16-11)7-5-3-4-6-8(7)12/h3-6,9H,2,13H2,1H3. The fraction of sp³-hybridized carbons (Fsp3) is 0.273. The summed E-state index contributed by atoms with van der Waals surface area (Å²) in [7, 11) is 0. The maximum atomic E-state index is 13.5. The minimum Gasteiger partial charge on any atom is -0.322 e. The van der Waals surface area contributed by atoms with E-state index in [1.54, 1.807) is 18.2 Å². The number of benzene rings is 1. The minimum atomic E-state index is -0.282. The first-order chi connectivity index (χ1) is 7.72. The van der Waals surface area contributed by atoms with E-state index in [0.717, 1.165) is 11.4 Å². The molecule has 1 heterocycles. The van der Waals surface area contributed by atoms with E-state index in [-0.39, 0.29) is 11.9 Å². The smallest absolute Gasteiger partial charge is 0.150 e. The Morgan fingerprint density at radius 1 is 1.38 bits per heavy atom. The second kappa shape index (κ2) is 4.67. The predicted octanol–water partition coefficient (Wildman–Crippen LogP) is 2.75. The number of halogens is 1. The highest BCUT2D eigenvalue weighted by Gasteiger charge is 2.13.